The smallest absolute Gasteiger partial charge is 0.237 e. The van der Waals surface area contributed by atoms with Crippen LogP contribution in [0.5, 0.6) is 0 Å². The number of halogens is 1. The number of oxazole rings is 1. The van der Waals surface area contributed by atoms with Gasteiger partial charge in [-0.05, 0) is 30.7 Å². The normalized spacial score (nSPS) is 11.2. The van der Waals surface area contributed by atoms with Crippen LogP contribution in [0.25, 0.3) is 21.9 Å². The molecule has 0 bridgehead atoms. The Labute approximate surface area is 107 Å². The lowest BCUT2D eigenvalue weighted by Crippen LogP contribution is -1.73. The minimum absolute atomic E-state index is 0.599. The van der Waals surface area contributed by atoms with Crippen molar-refractivity contribution in [3.8, 4) is 10.8 Å². The van der Waals surface area contributed by atoms with Crippen LogP contribution in [-0.4, -0.2) is 4.98 Å². The van der Waals surface area contributed by atoms with E-state index in [0.29, 0.717) is 16.5 Å². The first kappa shape index (κ1) is 10.6. The summed E-state index contributed by atoms with van der Waals surface area (Å²) in [6.07, 6.45) is 0. The standard InChI is InChI=1S/C12H9ClN2OS/c1-6-4-10(14)17-11(6)12-15-8-3-2-7(13)5-9(8)16-12/h2-5H,14H2,1H3. The maximum atomic E-state index is 5.90. The highest BCUT2D eigenvalue weighted by Crippen LogP contribution is 2.35. The quantitative estimate of drug-likeness (QED) is 0.720. The molecule has 0 unspecified atom stereocenters. The van der Waals surface area contributed by atoms with Crippen molar-refractivity contribution in [3.05, 3.63) is 34.9 Å². The second-order valence-electron chi connectivity index (χ2n) is 3.79. The summed E-state index contributed by atoms with van der Waals surface area (Å²) in [5.41, 5.74) is 8.33. The molecule has 5 heteroatoms. The Morgan fingerprint density at radius 3 is 2.88 bits per heavy atom. The molecule has 0 radical (unpaired) electrons. The van der Waals surface area contributed by atoms with Crippen LogP contribution in [0.3, 0.4) is 0 Å². The van der Waals surface area contributed by atoms with Crippen molar-refractivity contribution in [1.29, 1.82) is 0 Å². The lowest BCUT2D eigenvalue weighted by atomic mass is 10.3. The lowest BCUT2D eigenvalue weighted by Gasteiger charge is -1.90. The van der Waals surface area contributed by atoms with E-state index in [2.05, 4.69) is 4.98 Å². The lowest BCUT2D eigenvalue weighted by molar-refractivity contribution is 0.621. The van der Waals surface area contributed by atoms with Gasteiger partial charge in [0.25, 0.3) is 0 Å². The van der Waals surface area contributed by atoms with Gasteiger partial charge in [0.1, 0.15) is 5.52 Å². The van der Waals surface area contributed by atoms with E-state index in [4.69, 9.17) is 21.8 Å². The molecular formula is C12H9ClN2OS. The average molecular weight is 265 g/mol. The van der Waals surface area contributed by atoms with E-state index < -0.39 is 0 Å². The summed E-state index contributed by atoms with van der Waals surface area (Å²) in [6.45, 7) is 1.99. The van der Waals surface area contributed by atoms with Crippen LogP contribution in [-0.2, 0) is 0 Å². The fourth-order valence-electron chi connectivity index (χ4n) is 1.71. The molecule has 0 spiro atoms. The van der Waals surface area contributed by atoms with Crippen molar-refractivity contribution >= 4 is 39.0 Å². The highest BCUT2D eigenvalue weighted by molar-refractivity contribution is 7.19. The first-order chi connectivity index (χ1) is 8.13. The number of benzene rings is 1. The number of nitrogen functional groups attached to an aromatic ring is 1. The number of nitrogens with two attached hydrogens (primary N) is 1. The summed E-state index contributed by atoms with van der Waals surface area (Å²) in [5, 5.41) is 1.40. The van der Waals surface area contributed by atoms with Crippen molar-refractivity contribution in [1.82, 2.24) is 4.98 Å². The second-order valence-corrected chi connectivity index (χ2v) is 5.31. The summed E-state index contributed by atoms with van der Waals surface area (Å²) < 4.78 is 5.69. The minimum atomic E-state index is 0.599. The number of aryl methyl sites for hydroxylation is 1. The summed E-state index contributed by atoms with van der Waals surface area (Å²) in [7, 11) is 0. The monoisotopic (exact) mass is 264 g/mol. The van der Waals surface area contributed by atoms with Crippen LogP contribution in [0.2, 0.25) is 5.02 Å². The van der Waals surface area contributed by atoms with Gasteiger partial charge in [0.2, 0.25) is 5.89 Å². The summed E-state index contributed by atoms with van der Waals surface area (Å²) >= 11 is 7.38. The summed E-state index contributed by atoms with van der Waals surface area (Å²) in [6, 6.07) is 7.32. The van der Waals surface area contributed by atoms with Crippen LogP contribution in [0.1, 0.15) is 5.56 Å². The van der Waals surface area contributed by atoms with E-state index >= 15 is 0 Å². The molecule has 3 nitrogen and oxygen atoms in total. The Balaban J connectivity index is 2.21. The Morgan fingerprint density at radius 2 is 2.18 bits per heavy atom. The minimum Gasteiger partial charge on any atom is -0.435 e. The molecule has 0 aliphatic rings. The van der Waals surface area contributed by atoms with Crippen molar-refractivity contribution in [3.63, 3.8) is 0 Å². The van der Waals surface area contributed by atoms with E-state index in [-0.39, 0.29) is 0 Å². The predicted molar refractivity (Wildman–Crippen MR) is 71.5 cm³/mol. The van der Waals surface area contributed by atoms with Crippen molar-refractivity contribution in [2.75, 3.05) is 5.73 Å². The number of anilines is 1. The fraction of sp³-hybridized carbons (Fsp3) is 0.0833. The zero-order chi connectivity index (χ0) is 12.0. The van der Waals surface area contributed by atoms with Crippen LogP contribution in [0.4, 0.5) is 5.00 Å². The Hall–Kier alpha value is -1.52. The first-order valence-corrected chi connectivity index (χ1v) is 6.25. The topological polar surface area (TPSA) is 52.0 Å². The van der Waals surface area contributed by atoms with Gasteiger partial charge < -0.3 is 10.2 Å². The maximum absolute atomic E-state index is 5.90. The third-order valence-electron chi connectivity index (χ3n) is 2.48. The third-order valence-corrected chi connectivity index (χ3v) is 3.77. The molecular weight excluding hydrogens is 256 g/mol. The second kappa shape index (κ2) is 3.75. The molecule has 0 aliphatic carbocycles. The van der Waals surface area contributed by atoms with E-state index in [1.54, 1.807) is 12.1 Å². The number of thiophene rings is 1. The van der Waals surface area contributed by atoms with Gasteiger partial charge in [0.15, 0.2) is 5.58 Å². The highest BCUT2D eigenvalue weighted by Gasteiger charge is 2.13. The average Bonchev–Trinajstić information content (AvgIpc) is 2.80. The van der Waals surface area contributed by atoms with Crippen molar-refractivity contribution in [2.24, 2.45) is 0 Å². The van der Waals surface area contributed by atoms with Gasteiger partial charge in [-0.2, -0.15) is 0 Å². The molecule has 2 aromatic heterocycles. The molecule has 2 N–H and O–H groups in total. The van der Waals surface area contributed by atoms with Crippen LogP contribution in [0, 0.1) is 6.92 Å². The molecule has 0 saturated heterocycles. The van der Waals surface area contributed by atoms with E-state index in [0.717, 1.165) is 21.0 Å². The van der Waals surface area contributed by atoms with Gasteiger partial charge in [-0.3, -0.25) is 0 Å². The number of nitrogens with zero attached hydrogens (tertiary/aromatic N) is 1. The number of fused-ring (bicyclic) bond motifs is 1. The Morgan fingerprint density at radius 1 is 1.35 bits per heavy atom. The van der Waals surface area contributed by atoms with Gasteiger partial charge in [-0.15, -0.1) is 11.3 Å². The van der Waals surface area contributed by atoms with E-state index in [1.807, 2.05) is 19.1 Å². The fourth-order valence-corrected chi connectivity index (χ4v) is 2.74. The van der Waals surface area contributed by atoms with Gasteiger partial charge in [-0.25, -0.2) is 4.98 Å². The summed E-state index contributed by atoms with van der Waals surface area (Å²) in [5.74, 6) is 0.599. The molecule has 0 saturated carbocycles. The number of rotatable bonds is 1. The summed E-state index contributed by atoms with van der Waals surface area (Å²) in [4.78, 5) is 5.40. The van der Waals surface area contributed by atoms with Crippen LogP contribution >= 0.6 is 22.9 Å². The molecule has 0 amide bonds. The predicted octanol–water partition coefficient (Wildman–Crippen LogP) is 4.10. The molecule has 0 atom stereocenters. The Bertz CT molecular complexity index is 702. The SMILES string of the molecule is Cc1cc(N)sc1-c1nc2ccc(Cl)cc2o1. The van der Waals surface area contributed by atoms with Crippen molar-refractivity contribution < 1.29 is 4.42 Å². The van der Waals surface area contributed by atoms with Gasteiger partial charge in [0, 0.05) is 11.1 Å². The zero-order valence-corrected chi connectivity index (χ0v) is 10.6. The molecule has 1 aromatic carbocycles. The molecule has 0 fully saturated rings. The molecule has 2 heterocycles. The van der Waals surface area contributed by atoms with Gasteiger partial charge in [0.05, 0.1) is 9.88 Å². The largest absolute Gasteiger partial charge is 0.435 e. The molecule has 17 heavy (non-hydrogen) atoms. The molecule has 3 aromatic rings. The first-order valence-electron chi connectivity index (χ1n) is 5.06. The third kappa shape index (κ3) is 1.79. The maximum Gasteiger partial charge on any atom is 0.237 e. The van der Waals surface area contributed by atoms with Crippen molar-refractivity contribution in [2.45, 2.75) is 6.92 Å². The van der Waals surface area contributed by atoms with E-state index in [1.165, 1.54) is 11.3 Å². The Kier molecular flexibility index (Phi) is 2.34. The van der Waals surface area contributed by atoms with Crippen LogP contribution in [0.15, 0.2) is 28.7 Å². The van der Waals surface area contributed by atoms with Gasteiger partial charge >= 0.3 is 0 Å². The zero-order valence-electron chi connectivity index (χ0n) is 9.03. The molecule has 0 aliphatic heterocycles. The number of hydrogen-bond acceptors (Lipinski definition) is 4. The highest BCUT2D eigenvalue weighted by atomic mass is 35.5. The van der Waals surface area contributed by atoms with Gasteiger partial charge in [-0.1, -0.05) is 11.6 Å². The molecule has 86 valence electrons. The number of hydrogen-bond donors (Lipinski definition) is 1. The number of aromatic nitrogens is 1. The van der Waals surface area contributed by atoms with Crippen LogP contribution < -0.4 is 5.73 Å². The molecule has 3 rings (SSSR count). The van der Waals surface area contributed by atoms with E-state index in [9.17, 15) is 0 Å².